The summed E-state index contributed by atoms with van der Waals surface area (Å²) in [6.45, 7) is 1.44. The molecular formula is C28H27N5O3S2. The molecule has 0 atom stereocenters. The molecule has 0 amide bonds. The van der Waals surface area contributed by atoms with Crippen LogP contribution in [0.3, 0.4) is 0 Å². The van der Waals surface area contributed by atoms with E-state index in [1.165, 1.54) is 17.6 Å². The molecule has 0 aliphatic rings. The van der Waals surface area contributed by atoms with Crippen molar-refractivity contribution in [2.45, 2.75) is 13.2 Å². The van der Waals surface area contributed by atoms with Crippen LogP contribution in [0.2, 0.25) is 0 Å². The van der Waals surface area contributed by atoms with E-state index in [1.807, 2.05) is 78.2 Å². The van der Waals surface area contributed by atoms with Gasteiger partial charge >= 0.3 is 0 Å². The standard InChI is InChI=1S/C28H27N5O3S2/c1-38(34,35)14-13-29-16-27-33-26(18-37-27)21-7-12-25-24(15-21)28(31-19-30-25)32-22-8-10-23(11-9-22)36-17-20-5-3-2-4-6-20/h2-12,15,18-19,29H,13-14,16-17H2,1H3,(H,30,31,32). The Morgan fingerprint density at radius 1 is 0.974 bits per heavy atom. The summed E-state index contributed by atoms with van der Waals surface area (Å²) >= 11 is 1.54. The maximum absolute atomic E-state index is 11.3. The van der Waals surface area contributed by atoms with Crippen molar-refractivity contribution in [2.75, 3.05) is 23.9 Å². The lowest BCUT2D eigenvalue weighted by Crippen LogP contribution is -2.21. The molecule has 0 spiro atoms. The molecule has 2 N–H and O–H groups in total. The highest BCUT2D eigenvalue weighted by atomic mass is 32.2. The molecule has 5 rings (SSSR count). The number of anilines is 2. The monoisotopic (exact) mass is 545 g/mol. The van der Waals surface area contributed by atoms with E-state index in [9.17, 15) is 8.42 Å². The van der Waals surface area contributed by atoms with Crippen LogP contribution in [0.25, 0.3) is 22.2 Å². The number of sulfone groups is 1. The van der Waals surface area contributed by atoms with Crippen molar-refractivity contribution in [3.05, 3.63) is 95.1 Å². The lowest BCUT2D eigenvalue weighted by molar-refractivity contribution is 0.306. The van der Waals surface area contributed by atoms with Crippen LogP contribution >= 0.6 is 11.3 Å². The summed E-state index contributed by atoms with van der Waals surface area (Å²) in [5, 5.41) is 10.3. The van der Waals surface area contributed by atoms with Crippen LogP contribution in [0.4, 0.5) is 11.5 Å². The average Bonchev–Trinajstić information content (AvgIpc) is 3.40. The first kappa shape index (κ1) is 25.8. The molecule has 0 unspecified atom stereocenters. The van der Waals surface area contributed by atoms with Gasteiger partial charge in [0.25, 0.3) is 0 Å². The molecule has 0 fully saturated rings. The lowest BCUT2D eigenvalue weighted by Gasteiger charge is -2.11. The zero-order chi connectivity index (χ0) is 26.4. The Bertz CT molecular complexity index is 1620. The van der Waals surface area contributed by atoms with Crippen molar-refractivity contribution in [2.24, 2.45) is 0 Å². The van der Waals surface area contributed by atoms with Gasteiger partial charge in [-0.2, -0.15) is 0 Å². The molecule has 0 radical (unpaired) electrons. The minimum atomic E-state index is -2.98. The molecule has 0 saturated heterocycles. The normalized spacial score (nSPS) is 11.5. The predicted molar refractivity (Wildman–Crippen MR) is 153 cm³/mol. The second-order valence-corrected chi connectivity index (χ2v) is 12.0. The van der Waals surface area contributed by atoms with E-state index in [0.717, 1.165) is 44.2 Å². The Balaban J connectivity index is 1.27. The molecule has 2 aromatic heterocycles. The first-order chi connectivity index (χ1) is 18.4. The second kappa shape index (κ2) is 11.7. The van der Waals surface area contributed by atoms with Gasteiger partial charge < -0.3 is 15.4 Å². The molecule has 5 aromatic rings. The summed E-state index contributed by atoms with van der Waals surface area (Å²) in [6.07, 6.45) is 2.78. The van der Waals surface area contributed by atoms with Gasteiger partial charge in [0.1, 0.15) is 39.3 Å². The third-order valence-corrected chi connectivity index (χ3v) is 7.57. The first-order valence-corrected chi connectivity index (χ1v) is 15.0. The van der Waals surface area contributed by atoms with Gasteiger partial charge in [-0.25, -0.2) is 23.4 Å². The number of nitrogens with one attached hydrogen (secondary N) is 2. The van der Waals surface area contributed by atoms with E-state index in [0.29, 0.717) is 25.5 Å². The fraction of sp³-hybridized carbons (Fsp3) is 0.179. The average molecular weight is 546 g/mol. The van der Waals surface area contributed by atoms with Crippen LogP contribution < -0.4 is 15.4 Å². The van der Waals surface area contributed by atoms with Gasteiger partial charge in [0.05, 0.1) is 17.0 Å². The number of hydrogen-bond donors (Lipinski definition) is 2. The van der Waals surface area contributed by atoms with E-state index >= 15 is 0 Å². The number of rotatable bonds is 11. The summed E-state index contributed by atoms with van der Waals surface area (Å²) in [5.74, 6) is 1.60. The fourth-order valence-electron chi connectivity index (χ4n) is 3.81. The van der Waals surface area contributed by atoms with Crippen molar-refractivity contribution < 1.29 is 13.2 Å². The van der Waals surface area contributed by atoms with Gasteiger partial charge in [-0.3, -0.25) is 0 Å². The third kappa shape index (κ3) is 6.91. The summed E-state index contributed by atoms with van der Waals surface area (Å²) in [4.78, 5) is 13.6. The predicted octanol–water partition coefficient (Wildman–Crippen LogP) is 5.21. The van der Waals surface area contributed by atoms with Crippen LogP contribution in [0.1, 0.15) is 10.6 Å². The Kier molecular flexibility index (Phi) is 7.92. The minimum Gasteiger partial charge on any atom is -0.489 e. The van der Waals surface area contributed by atoms with Crippen LogP contribution in [-0.4, -0.2) is 41.9 Å². The van der Waals surface area contributed by atoms with Crippen molar-refractivity contribution in [1.29, 1.82) is 0 Å². The maximum atomic E-state index is 11.3. The fourth-order valence-corrected chi connectivity index (χ4v) is 5.09. The molecule has 2 heterocycles. The molecule has 8 nitrogen and oxygen atoms in total. The van der Waals surface area contributed by atoms with Crippen LogP contribution in [0.5, 0.6) is 5.75 Å². The van der Waals surface area contributed by atoms with E-state index in [2.05, 4.69) is 20.6 Å². The maximum Gasteiger partial charge on any atom is 0.148 e. The van der Waals surface area contributed by atoms with Gasteiger partial charge in [0.2, 0.25) is 0 Å². The van der Waals surface area contributed by atoms with Gasteiger partial charge in [-0.1, -0.05) is 36.4 Å². The van der Waals surface area contributed by atoms with E-state index < -0.39 is 9.84 Å². The van der Waals surface area contributed by atoms with E-state index in [4.69, 9.17) is 9.72 Å². The Hall–Kier alpha value is -3.86. The molecule has 3 aromatic carbocycles. The summed E-state index contributed by atoms with van der Waals surface area (Å²) in [6, 6.07) is 23.8. The third-order valence-electron chi connectivity index (χ3n) is 5.77. The van der Waals surface area contributed by atoms with Gasteiger partial charge in [-0.15, -0.1) is 11.3 Å². The highest BCUT2D eigenvalue weighted by Crippen LogP contribution is 2.30. The smallest absolute Gasteiger partial charge is 0.148 e. The number of fused-ring (bicyclic) bond motifs is 1. The molecule has 0 aliphatic heterocycles. The molecule has 0 bridgehead atoms. The summed E-state index contributed by atoms with van der Waals surface area (Å²) in [5.41, 5.74) is 4.64. The summed E-state index contributed by atoms with van der Waals surface area (Å²) in [7, 11) is -2.98. The van der Waals surface area contributed by atoms with E-state index in [-0.39, 0.29) is 5.75 Å². The SMILES string of the molecule is CS(=O)(=O)CCNCc1nc(-c2ccc3ncnc(Nc4ccc(OCc5ccccc5)cc4)c3c2)cs1. The number of ether oxygens (including phenoxy) is 1. The molecule has 10 heteroatoms. The second-order valence-electron chi connectivity index (χ2n) is 8.81. The zero-order valence-corrected chi connectivity index (χ0v) is 22.4. The highest BCUT2D eigenvalue weighted by molar-refractivity contribution is 7.90. The number of thiazole rings is 1. The zero-order valence-electron chi connectivity index (χ0n) is 20.8. The van der Waals surface area contributed by atoms with Crippen molar-refractivity contribution >= 4 is 43.6 Å². The van der Waals surface area contributed by atoms with E-state index in [1.54, 1.807) is 6.33 Å². The first-order valence-electron chi connectivity index (χ1n) is 12.0. The molecule has 194 valence electrons. The Morgan fingerprint density at radius 2 is 1.79 bits per heavy atom. The molecule has 0 saturated carbocycles. The quantitative estimate of drug-likeness (QED) is 0.218. The lowest BCUT2D eigenvalue weighted by atomic mass is 10.1. The van der Waals surface area contributed by atoms with Crippen molar-refractivity contribution in [3.63, 3.8) is 0 Å². The molecule has 0 aliphatic carbocycles. The van der Waals surface area contributed by atoms with Gasteiger partial charge in [0.15, 0.2) is 0 Å². The minimum absolute atomic E-state index is 0.106. The van der Waals surface area contributed by atoms with Crippen molar-refractivity contribution in [1.82, 2.24) is 20.3 Å². The van der Waals surface area contributed by atoms with Crippen LogP contribution in [-0.2, 0) is 23.0 Å². The van der Waals surface area contributed by atoms with Crippen molar-refractivity contribution in [3.8, 4) is 17.0 Å². The Morgan fingerprint density at radius 3 is 2.58 bits per heavy atom. The molecule has 38 heavy (non-hydrogen) atoms. The number of nitrogens with zero attached hydrogens (tertiary/aromatic N) is 3. The number of hydrogen-bond acceptors (Lipinski definition) is 9. The largest absolute Gasteiger partial charge is 0.489 e. The molecular weight excluding hydrogens is 518 g/mol. The number of benzene rings is 3. The van der Waals surface area contributed by atoms with Gasteiger partial charge in [-0.05, 0) is 42.0 Å². The number of aromatic nitrogens is 3. The topological polar surface area (TPSA) is 106 Å². The van der Waals surface area contributed by atoms with Gasteiger partial charge in [0, 0.05) is 41.4 Å². The van der Waals surface area contributed by atoms with Crippen LogP contribution in [0, 0.1) is 0 Å². The Labute approximate surface area is 225 Å². The highest BCUT2D eigenvalue weighted by Gasteiger charge is 2.10. The van der Waals surface area contributed by atoms with Crippen LogP contribution in [0.15, 0.2) is 84.5 Å². The summed E-state index contributed by atoms with van der Waals surface area (Å²) < 4.78 is 28.5.